The fourth-order valence-electron chi connectivity index (χ4n) is 1.77. The average molecular weight is 304 g/mol. The normalized spacial score (nSPS) is 13.8. The highest BCUT2D eigenvalue weighted by atomic mass is 79.9. The van der Waals surface area contributed by atoms with Gasteiger partial charge >= 0.3 is 0 Å². The molecule has 0 fully saturated rings. The maximum absolute atomic E-state index is 13.1. The van der Waals surface area contributed by atoms with Crippen LogP contribution in [0.15, 0.2) is 22.7 Å². The molecule has 1 rings (SSSR count). The van der Waals surface area contributed by atoms with Gasteiger partial charge in [-0.25, -0.2) is 4.39 Å². The summed E-state index contributed by atoms with van der Waals surface area (Å²) in [5.41, 5.74) is 6.71. The lowest BCUT2D eigenvalue weighted by Gasteiger charge is -2.26. The summed E-state index contributed by atoms with van der Waals surface area (Å²) < 4.78 is 19.3. The number of hydrogen-bond acceptors (Lipinski definition) is 2. The molecule has 0 saturated heterocycles. The molecule has 96 valence electrons. The molecule has 0 heterocycles. The molecular formula is C13H19BrFNO. The van der Waals surface area contributed by atoms with Gasteiger partial charge in [0.25, 0.3) is 0 Å². The third-order valence-electron chi connectivity index (χ3n) is 2.80. The molecule has 0 saturated carbocycles. The highest BCUT2D eigenvalue weighted by molar-refractivity contribution is 9.10. The molecule has 1 aromatic carbocycles. The molecule has 1 aromatic rings. The Labute approximate surface area is 110 Å². The zero-order valence-corrected chi connectivity index (χ0v) is 12.1. The molecule has 2 nitrogen and oxygen atoms in total. The van der Waals surface area contributed by atoms with Crippen LogP contribution in [0, 0.1) is 5.82 Å². The van der Waals surface area contributed by atoms with Crippen LogP contribution < -0.4 is 5.73 Å². The van der Waals surface area contributed by atoms with Gasteiger partial charge in [0.05, 0.1) is 5.60 Å². The number of halogens is 2. The average Bonchev–Trinajstić information content (AvgIpc) is 2.23. The standard InChI is InChI=1S/C13H19BrFNO/c1-13(2,17-3)8-11(16)7-9-6-10(15)4-5-12(9)14/h4-6,11H,7-8,16H2,1-3H3. The molecule has 0 aliphatic heterocycles. The van der Waals surface area contributed by atoms with Crippen molar-refractivity contribution < 1.29 is 9.13 Å². The van der Waals surface area contributed by atoms with Crippen LogP contribution in [0.2, 0.25) is 0 Å². The molecule has 1 unspecified atom stereocenters. The minimum Gasteiger partial charge on any atom is -0.379 e. The number of nitrogens with two attached hydrogens (primary N) is 1. The van der Waals surface area contributed by atoms with Gasteiger partial charge in [-0.05, 0) is 50.5 Å². The van der Waals surface area contributed by atoms with E-state index in [4.69, 9.17) is 10.5 Å². The summed E-state index contributed by atoms with van der Waals surface area (Å²) in [5.74, 6) is -0.235. The van der Waals surface area contributed by atoms with Crippen LogP contribution in [0.4, 0.5) is 4.39 Å². The predicted molar refractivity (Wildman–Crippen MR) is 71.5 cm³/mol. The van der Waals surface area contributed by atoms with Gasteiger partial charge in [-0.1, -0.05) is 15.9 Å². The van der Waals surface area contributed by atoms with Crippen molar-refractivity contribution in [1.29, 1.82) is 0 Å². The maximum Gasteiger partial charge on any atom is 0.123 e. The number of methoxy groups -OCH3 is 1. The predicted octanol–water partition coefficient (Wildman–Crippen LogP) is 3.27. The molecule has 0 spiro atoms. The minimum atomic E-state index is -0.251. The van der Waals surface area contributed by atoms with E-state index in [1.54, 1.807) is 13.2 Å². The summed E-state index contributed by atoms with van der Waals surface area (Å²) in [5, 5.41) is 0. The van der Waals surface area contributed by atoms with Crippen LogP contribution in [0.5, 0.6) is 0 Å². The number of rotatable bonds is 5. The van der Waals surface area contributed by atoms with Crippen molar-refractivity contribution in [3.63, 3.8) is 0 Å². The van der Waals surface area contributed by atoms with Crippen molar-refractivity contribution in [2.75, 3.05) is 7.11 Å². The first-order valence-corrected chi connectivity index (χ1v) is 6.38. The van der Waals surface area contributed by atoms with E-state index in [1.807, 2.05) is 13.8 Å². The van der Waals surface area contributed by atoms with E-state index in [2.05, 4.69) is 15.9 Å². The lowest BCUT2D eigenvalue weighted by Crippen LogP contribution is -2.35. The van der Waals surface area contributed by atoms with Gasteiger partial charge in [0, 0.05) is 17.6 Å². The Kier molecular flexibility index (Phi) is 5.10. The Morgan fingerprint density at radius 3 is 2.71 bits per heavy atom. The number of ether oxygens (including phenoxy) is 1. The molecule has 1 atom stereocenters. The summed E-state index contributed by atoms with van der Waals surface area (Å²) in [4.78, 5) is 0. The van der Waals surface area contributed by atoms with E-state index in [1.165, 1.54) is 12.1 Å². The van der Waals surface area contributed by atoms with E-state index in [-0.39, 0.29) is 17.5 Å². The first kappa shape index (κ1) is 14.6. The van der Waals surface area contributed by atoms with Crippen LogP contribution in [0.1, 0.15) is 25.8 Å². The second kappa shape index (κ2) is 5.94. The highest BCUT2D eigenvalue weighted by Crippen LogP contribution is 2.22. The van der Waals surface area contributed by atoms with Gasteiger partial charge in [0.15, 0.2) is 0 Å². The molecular weight excluding hydrogens is 285 g/mol. The summed E-state index contributed by atoms with van der Waals surface area (Å²) in [6, 6.07) is 4.60. The first-order valence-electron chi connectivity index (χ1n) is 5.59. The largest absolute Gasteiger partial charge is 0.379 e. The van der Waals surface area contributed by atoms with E-state index in [9.17, 15) is 4.39 Å². The molecule has 0 aliphatic carbocycles. The second-order valence-electron chi connectivity index (χ2n) is 4.87. The van der Waals surface area contributed by atoms with Crippen molar-refractivity contribution in [3.8, 4) is 0 Å². The van der Waals surface area contributed by atoms with Gasteiger partial charge in [0.2, 0.25) is 0 Å². The van der Waals surface area contributed by atoms with Crippen molar-refractivity contribution in [2.45, 2.75) is 38.3 Å². The van der Waals surface area contributed by atoms with Crippen LogP contribution in [0.25, 0.3) is 0 Å². The Balaban J connectivity index is 2.68. The lowest BCUT2D eigenvalue weighted by atomic mass is 9.94. The molecule has 0 bridgehead atoms. The van der Waals surface area contributed by atoms with Gasteiger partial charge in [-0.3, -0.25) is 0 Å². The van der Waals surface area contributed by atoms with Crippen molar-refractivity contribution in [3.05, 3.63) is 34.1 Å². The fraction of sp³-hybridized carbons (Fsp3) is 0.538. The van der Waals surface area contributed by atoms with E-state index < -0.39 is 0 Å². The molecule has 2 N–H and O–H groups in total. The first-order chi connectivity index (χ1) is 7.84. The van der Waals surface area contributed by atoms with Gasteiger partial charge in [0.1, 0.15) is 5.82 Å². The zero-order chi connectivity index (χ0) is 13.1. The number of benzene rings is 1. The van der Waals surface area contributed by atoms with Crippen LogP contribution in [0.3, 0.4) is 0 Å². The van der Waals surface area contributed by atoms with Gasteiger partial charge in [-0.2, -0.15) is 0 Å². The summed E-state index contributed by atoms with van der Waals surface area (Å²) in [7, 11) is 1.67. The third kappa shape index (κ3) is 4.74. The van der Waals surface area contributed by atoms with Gasteiger partial charge < -0.3 is 10.5 Å². The van der Waals surface area contributed by atoms with E-state index in [0.717, 1.165) is 16.5 Å². The lowest BCUT2D eigenvalue weighted by molar-refractivity contribution is 0.0102. The Bertz CT molecular complexity index is 382. The molecule has 4 heteroatoms. The SMILES string of the molecule is COC(C)(C)CC(N)Cc1cc(F)ccc1Br. The van der Waals surface area contributed by atoms with E-state index >= 15 is 0 Å². The van der Waals surface area contributed by atoms with Crippen molar-refractivity contribution in [2.24, 2.45) is 5.73 Å². The number of hydrogen-bond donors (Lipinski definition) is 1. The molecule has 0 radical (unpaired) electrons. The second-order valence-corrected chi connectivity index (χ2v) is 5.72. The minimum absolute atomic E-state index is 0.0527. The maximum atomic E-state index is 13.1. The van der Waals surface area contributed by atoms with E-state index in [0.29, 0.717) is 6.42 Å². The van der Waals surface area contributed by atoms with Gasteiger partial charge in [-0.15, -0.1) is 0 Å². The molecule has 0 amide bonds. The van der Waals surface area contributed by atoms with Crippen molar-refractivity contribution >= 4 is 15.9 Å². The Morgan fingerprint density at radius 2 is 2.12 bits per heavy atom. The Morgan fingerprint density at radius 1 is 1.47 bits per heavy atom. The summed E-state index contributed by atoms with van der Waals surface area (Å²) in [6.07, 6.45) is 1.36. The Hall–Kier alpha value is -0.450. The topological polar surface area (TPSA) is 35.2 Å². The van der Waals surface area contributed by atoms with Crippen LogP contribution in [-0.2, 0) is 11.2 Å². The fourth-order valence-corrected chi connectivity index (χ4v) is 2.18. The quantitative estimate of drug-likeness (QED) is 0.906. The molecule has 17 heavy (non-hydrogen) atoms. The van der Waals surface area contributed by atoms with Crippen molar-refractivity contribution in [1.82, 2.24) is 0 Å². The highest BCUT2D eigenvalue weighted by Gasteiger charge is 2.21. The smallest absolute Gasteiger partial charge is 0.123 e. The zero-order valence-electron chi connectivity index (χ0n) is 10.5. The monoisotopic (exact) mass is 303 g/mol. The summed E-state index contributed by atoms with van der Waals surface area (Å²) in [6.45, 7) is 3.99. The van der Waals surface area contributed by atoms with Crippen LogP contribution >= 0.6 is 15.9 Å². The van der Waals surface area contributed by atoms with Crippen LogP contribution in [-0.4, -0.2) is 18.8 Å². The third-order valence-corrected chi connectivity index (χ3v) is 3.57. The molecule has 0 aliphatic rings. The summed E-state index contributed by atoms with van der Waals surface area (Å²) >= 11 is 3.40. The molecule has 0 aromatic heterocycles.